The first-order valence-electron chi connectivity index (χ1n) is 10.4. The van der Waals surface area contributed by atoms with Gasteiger partial charge in [0.15, 0.2) is 6.61 Å². The maximum Gasteiger partial charge on any atom is 0.338 e. The summed E-state index contributed by atoms with van der Waals surface area (Å²) in [5, 5.41) is 6.21. The smallest absolute Gasteiger partial charge is 0.338 e. The van der Waals surface area contributed by atoms with Crippen molar-refractivity contribution >= 4 is 34.4 Å². The van der Waals surface area contributed by atoms with Gasteiger partial charge >= 0.3 is 5.97 Å². The van der Waals surface area contributed by atoms with Crippen molar-refractivity contribution in [3.05, 3.63) is 64.8 Å². The first kappa shape index (κ1) is 20.7. The van der Waals surface area contributed by atoms with E-state index in [1.54, 1.807) is 30.3 Å². The summed E-state index contributed by atoms with van der Waals surface area (Å²) in [5.74, 6) is -0.654. The highest BCUT2D eigenvalue weighted by Crippen LogP contribution is 2.32. The molecular weight excluding hydrogens is 394 g/mol. The van der Waals surface area contributed by atoms with Gasteiger partial charge in [0.05, 0.1) is 5.56 Å². The molecule has 2 amide bonds. The van der Waals surface area contributed by atoms with Crippen molar-refractivity contribution in [2.24, 2.45) is 5.92 Å². The van der Waals surface area contributed by atoms with Crippen molar-refractivity contribution in [3.8, 4) is 0 Å². The summed E-state index contributed by atoms with van der Waals surface area (Å²) in [5.41, 5.74) is 4.84. The van der Waals surface area contributed by atoms with Crippen LogP contribution in [0, 0.1) is 5.92 Å². The van der Waals surface area contributed by atoms with Crippen molar-refractivity contribution in [1.29, 1.82) is 0 Å². The molecule has 0 saturated carbocycles. The van der Waals surface area contributed by atoms with E-state index in [0.717, 1.165) is 30.2 Å². The molecule has 0 aliphatic heterocycles. The number of nitrogens with one attached hydrogen (secondary N) is 3. The van der Waals surface area contributed by atoms with Crippen LogP contribution in [0.5, 0.6) is 0 Å². The zero-order chi connectivity index (χ0) is 22.0. The van der Waals surface area contributed by atoms with Crippen molar-refractivity contribution in [3.63, 3.8) is 0 Å². The molecule has 3 aromatic rings. The van der Waals surface area contributed by atoms with Gasteiger partial charge < -0.3 is 20.4 Å². The number of hydrogen-bond acceptors (Lipinski definition) is 4. The molecule has 31 heavy (non-hydrogen) atoms. The van der Waals surface area contributed by atoms with Crippen LogP contribution in [-0.2, 0) is 22.4 Å². The topological polar surface area (TPSA) is 100 Å². The van der Waals surface area contributed by atoms with Crippen LogP contribution in [0.4, 0.5) is 5.69 Å². The Kier molecular flexibility index (Phi) is 5.75. The molecule has 160 valence electrons. The van der Waals surface area contributed by atoms with Gasteiger partial charge in [-0.15, -0.1) is 0 Å². The van der Waals surface area contributed by atoms with E-state index in [1.165, 1.54) is 18.3 Å². The quantitative estimate of drug-likeness (QED) is 0.552. The first-order valence-corrected chi connectivity index (χ1v) is 10.4. The molecule has 0 bridgehead atoms. The SMILES string of the molecule is CNC(=O)c1cccc(NC(=O)COC(=O)c2ccc3[nH]c4c(c3c2)C[C@@H](C)CC4)c1. The van der Waals surface area contributed by atoms with Crippen LogP contribution < -0.4 is 10.6 Å². The fourth-order valence-electron chi connectivity index (χ4n) is 4.01. The lowest BCUT2D eigenvalue weighted by molar-refractivity contribution is -0.119. The van der Waals surface area contributed by atoms with Crippen LogP contribution in [0.3, 0.4) is 0 Å². The van der Waals surface area contributed by atoms with Crippen LogP contribution >= 0.6 is 0 Å². The van der Waals surface area contributed by atoms with E-state index in [-0.39, 0.29) is 5.91 Å². The van der Waals surface area contributed by atoms with Gasteiger partial charge in [-0.3, -0.25) is 9.59 Å². The van der Waals surface area contributed by atoms with Gasteiger partial charge in [-0.25, -0.2) is 4.79 Å². The number of rotatable bonds is 5. The molecule has 1 atom stereocenters. The van der Waals surface area contributed by atoms with Crippen molar-refractivity contribution < 1.29 is 19.1 Å². The highest BCUT2D eigenvalue weighted by atomic mass is 16.5. The third-order valence-corrected chi connectivity index (χ3v) is 5.64. The average molecular weight is 419 g/mol. The zero-order valence-corrected chi connectivity index (χ0v) is 17.6. The monoisotopic (exact) mass is 419 g/mol. The third-order valence-electron chi connectivity index (χ3n) is 5.64. The number of hydrogen-bond donors (Lipinski definition) is 3. The molecule has 0 fully saturated rings. The lowest BCUT2D eigenvalue weighted by Crippen LogP contribution is -2.22. The van der Waals surface area contributed by atoms with Gasteiger partial charge in [-0.1, -0.05) is 13.0 Å². The highest BCUT2D eigenvalue weighted by Gasteiger charge is 2.21. The molecule has 7 nitrogen and oxygen atoms in total. The van der Waals surface area contributed by atoms with E-state index in [0.29, 0.717) is 22.7 Å². The van der Waals surface area contributed by atoms with Gasteiger partial charge in [-0.2, -0.15) is 0 Å². The first-order chi connectivity index (χ1) is 14.9. The van der Waals surface area contributed by atoms with E-state index in [9.17, 15) is 14.4 Å². The normalized spacial score (nSPS) is 15.2. The molecule has 0 unspecified atom stereocenters. The summed E-state index contributed by atoms with van der Waals surface area (Å²) in [6, 6.07) is 12.0. The minimum atomic E-state index is -0.546. The van der Waals surface area contributed by atoms with E-state index in [2.05, 4.69) is 22.5 Å². The summed E-state index contributed by atoms with van der Waals surface area (Å²) < 4.78 is 5.21. The Labute approximate surface area is 180 Å². The Hall–Kier alpha value is -3.61. The summed E-state index contributed by atoms with van der Waals surface area (Å²) in [4.78, 5) is 39.9. The second-order valence-electron chi connectivity index (χ2n) is 7.97. The number of fused-ring (bicyclic) bond motifs is 3. The molecule has 0 saturated heterocycles. The predicted molar refractivity (Wildman–Crippen MR) is 118 cm³/mol. The largest absolute Gasteiger partial charge is 0.452 e. The van der Waals surface area contributed by atoms with Crippen molar-refractivity contribution in [2.45, 2.75) is 26.2 Å². The summed E-state index contributed by atoms with van der Waals surface area (Å²) >= 11 is 0. The number of aromatic nitrogens is 1. The molecule has 1 aromatic heterocycles. The number of carbonyl (C=O) groups excluding carboxylic acids is 3. The fraction of sp³-hybridized carbons (Fsp3) is 0.292. The van der Waals surface area contributed by atoms with Crippen LogP contribution in [-0.4, -0.2) is 36.4 Å². The Morgan fingerprint density at radius 3 is 2.77 bits per heavy atom. The number of carbonyl (C=O) groups is 3. The number of ether oxygens (including phenoxy) is 1. The standard InChI is InChI=1S/C24H25N3O4/c1-14-6-8-20-18(10-14)19-12-16(7-9-21(19)27-20)24(30)31-13-22(28)26-17-5-3-4-15(11-17)23(29)25-2/h3-5,7,9,11-12,14,27H,6,8,10,13H2,1-2H3,(H,25,29)(H,26,28)/t14-/m0/s1. The van der Waals surface area contributed by atoms with Gasteiger partial charge in [0.1, 0.15) is 0 Å². The second kappa shape index (κ2) is 8.63. The number of amides is 2. The maximum atomic E-state index is 12.5. The molecule has 4 rings (SSSR count). The van der Waals surface area contributed by atoms with Crippen LogP contribution in [0.25, 0.3) is 10.9 Å². The van der Waals surface area contributed by atoms with E-state index in [4.69, 9.17) is 4.74 Å². The Balaban J connectivity index is 1.40. The third kappa shape index (κ3) is 4.45. The lowest BCUT2D eigenvalue weighted by Gasteiger charge is -2.18. The molecular formula is C24H25N3O4. The van der Waals surface area contributed by atoms with E-state index in [1.807, 2.05) is 12.1 Å². The highest BCUT2D eigenvalue weighted by molar-refractivity contribution is 5.99. The van der Waals surface area contributed by atoms with Crippen molar-refractivity contribution in [2.75, 3.05) is 19.0 Å². The Bertz CT molecular complexity index is 1160. The Morgan fingerprint density at radius 2 is 1.97 bits per heavy atom. The molecule has 3 N–H and O–H groups in total. The number of aromatic amines is 1. The number of benzene rings is 2. The molecule has 0 spiro atoms. The molecule has 1 aliphatic carbocycles. The molecule has 1 heterocycles. The van der Waals surface area contributed by atoms with Crippen molar-refractivity contribution in [1.82, 2.24) is 10.3 Å². The zero-order valence-electron chi connectivity index (χ0n) is 17.6. The molecule has 0 radical (unpaired) electrons. The number of esters is 1. The maximum absolute atomic E-state index is 12.5. The molecule has 1 aliphatic rings. The minimum Gasteiger partial charge on any atom is -0.452 e. The molecule has 2 aromatic carbocycles. The number of H-pyrrole nitrogens is 1. The van der Waals surface area contributed by atoms with E-state index < -0.39 is 18.5 Å². The van der Waals surface area contributed by atoms with E-state index >= 15 is 0 Å². The summed E-state index contributed by atoms with van der Waals surface area (Å²) in [7, 11) is 1.54. The Morgan fingerprint density at radius 1 is 1.13 bits per heavy atom. The minimum absolute atomic E-state index is 0.251. The molecule has 7 heteroatoms. The predicted octanol–water partition coefficient (Wildman–Crippen LogP) is 3.45. The second-order valence-corrected chi connectivity index (χ2v) is 7.97. The van der Waals surface area contributed by atoms with Gasteiger partial charge in [0, 0.05) is 34.9 Å². The average Bonchev–Trinajstić information content (AvgIpc) is 3.14. The number of anilines is 1. The van der Waals surface area contributed by atoms with Gasteiger partial charge in [0.2, 0.25) is 0 Å². The van der Waals surface area contributed by atoms with Crippen LogP contribution in [0.15, 0.2) is 42.5 Å². The summed E-state index contributed by atoms with van der Waals surface area (Å²) in [6.07, 6.45) is 3.17. The fourth-order valence-corrected chi connectivity index (χ4v) is 4.01. The number of aryl methyl sites for hydroxylation is 1. The summed E-state index contributed by atoms with van der Waals surface area (Å²) in [6.45, 7) is 1.83. The van der Waals surface area contributed by atoms with Crippen LogP contribution in [0.1, 0.15) is 45.3 Å². The lowest BCUT2D eigenvalue weighted by atomic mass is 9.87. The van der Waals surface area contributed by atoms with Crippen LogP contribution in [0.2, 0.25) is 0 Å². The van der Waals surface area contributed by atoms with Gasteiger partial charge in [-0.05, 0) is 67.1 Å². The van der Waals surface area contributed by atoms with Gasteiger partial charge in [0.25, 0.3) is 11.8 Å².